The first-order chi connectivity index (χ1) is 3.34. The molecule has 2 unspecified atom stereocenters. The van der Waals surface area contributed by atoms with Gasteiger partial charge in [-0.3, -0.25) is 0 Å². The van der Waals surface area contributed by atoms with Crippen LogP contribution in [0.4, 0.5) is 0 Å². The van der Waals surface area contributed by atoms with Gasteiger partial charge in [0.15, 0.2) is 6.29 Å². The number of epoxide rings is 1. The summed E-state index contributed by atoms with van der Waals surface area (Å²) < 4.78 is 4.63. The van der Waals surface area contributed by atoms with Crippen molar-refractivity contribution in [2.45, 2.75) is 18.8 Å². The van der Waals surface area contributed by atoms with Crippen molar-refractivity contribution in [1.29, 1.82) is 0 Å². The summed E-state index contributed by atoms with van der Waals surface area (Å²) in [5, 5.41) is 8.48. The Morgan fingerprint density at radius 1 is 1.71 bits per heavy atom. The second kappa shape index (κ2) is 1.78. The summed E-state index contributed by atoms with van der Waals surface area (Å²) in [5.74, 6) is 0. The van der Waals surface area contributed by atoms with Gasteiger partial charge in [0.2, 0.25) is 0 Å². The van der Waals surface area contributed by atoms with E-state index in [4.69, 9.17) is 10.8 Å². The summed E-state index contributed by atoms with van der Waals surface area (Å²) in [6, 6.07) is 0. The quantitative estimate of drug-likeness (QED) is 0.443. The largest absolute Gasteiger partial charge is 0.366 e. The summed E-state index contributed by atoms with van der Waals surface area (Å²) in [7, 11) is 0. The predicted octanol–water partition coefficient (Wildman–Crippen LogP) is -0.948. The fourth-order valence-corrected chi connectivity index (χ4v) is 0.509. The molecule has 2 atom stereocenters. The van der Waals surface area contributed by atoms with Crippen LogP contribution in [0.3, 0.4) is 0 Å². The smallest absolute Gasteiger partial charge is 0.181 e. The van der Waals surface area contributed by atoms with E-state index in [0.29, 0.717) is 6.54 Å². The topological polar surface area (TPSA) is 58.8 Å². The Bertz CT molecular complexity index is 66.7. The minimum Gasteiger partial charge on any atom is -0.366 e. The van der Waals surface area contributed by atoms with E-state index in [9.17, 15) is 0 Å². The van der Waals surface area contributed by atoms with Crippen LogP contribution in [-0.2, 0) is 4.74 Å². The fraction of sp³-hybridized carbons (Fsp3) is 1.00. The molecule has 3 nitrogen and oxygen atoms in total. The van der Waals surface area contributed by atoms with Crippen LogP contribution in [0.2, 0.25) is 0 Å². The van der Waals surface area contributed by atoms with E-state index in [1.54, 1.807) is 0 Å². The van der Waals surface area contributed by atoms with Crippen molar-refractivity contribution < 1.29 is 9.84 Å². The van der Waals surface area contributed by atoms with Gasteiger partial charge in [0.05, 0.1) is 0 Å². The third kappa shape index (κ3) is 1.12. The second-order valence-electron chi connectivity index (χ2n) is 1.64. The molecule has 0 aromatic rings. The zero-order valence-electron chi connectivity index (χ0n) is 4.00. The zero-order valence-corrected chi connectivity index (χ0v) is 4.00. The van der Waals surface area contributed by atoms with Gasteiger partial charge < -0.3 is 15.6 Å². The monoisotopic (exact) mass is 103 g/mol. The summed E-state index contributed by atoms with van der Waals surface area (Å²) in [6.07, 6.45) is 0.315. The Morgan fingerprint density at radius 3 is 2.43 bits per heavy atom. The molecular formula is C4H9NO2. The number of aliphatic hydroxyl groups is 1. The number of nitrogens with two attached hydrogens (primary N) is 1. The van der Waals surface area contributed by atoms with Crippen LogP contribution in [0.15, 0.2) is 0 Å². The highest BCUT2D eigenvalue weighted by atomic mass is 16.7. The highest BCUT2D eigenvalue weighted by molar-refractivity contribution is 4.74. The van der Waals surface area contributed by atoms with Gasteiger partial charge in [0, 0.05) is 0 Å². The van der Waals surface area contributed by atoms with E-state index in [-0.39, 0.29) is 6.10 Å². The Hall–Kier alpha value is -0.120. The van der Waals surface area contributed by atoms with Crippen LogP contribution < -0.4 is 5.73 Å². The van der Waals surface area contributed by atoms with Gasteiger partial charge in [-0.05, 0) is 13.0 Å². The van der Waals surface area contributed by atoms with E-state index in [2.05, 4.69) is 4.74 Å². The fourth-order valence-electron chi connectivity index (χ4n) is 0.509. The molecule has 0 radical (unpaired) electrons. The molecule has 7 heavy (non-hydrogen) atoms. The summed E-state index contributed by atoms with van der Waals surface area (Å²) >= 11 is 0. The lowest BCUT2D eigenvalue weighted by atomic mass is 10.3. The maximum atomic E-state index is 8.48. The molecule has 1 fully saturated rings. The van der Waals surface area contributed by atoms with Crippen molar-refractivity contribution in [2.75, 3.05) is 6.54 Å². The molecule has 0 aromatic carbocycles. The molecule has 1 heterocycles. The molecule has 3 heteroatoms. The van der Waals surface area contributed by atoms with E-state index < -0.39 is 6.29 Å². The van der Waals surface area contributed by atoms with Crippen molar-refractivity contribution >= 4 is 0 Å². The Labute approximate surface area is 42.1 Å². The van der Waals surface area contributed by atoms with Gasteiger partial charge in [-0.1, -0.05) is 0 Å². The van der Waals surface area contributed by atoms with E-state index in [1.165, 1.54) is 0 Å². The van der Waals surface area contributed by atoms with Crippen molar-refractivity contribution in [1.82, 2.24) is 0 Å². The lowest BCUT2D eigenvalue weighted by molar-refractivity contribution is 0.156. The van der Waals surface area contributed by atoms with Crippen LogP contribution >= 0.6 is 0 Å². The SMILES string of the molecule is NCCC1OC1O. The molecule has 0 amide bonds. The Balaban J connectivity index is 1.98. The number of ether oxygens (including phenoxy) is 1. The van der Waals surface area contributed by atoms with Crippen molar-refractivity contribution in [3.8, 4) is 0 Å². The molecule has 1 saturated heterocycles. The molecule has 1 aliphatic heterocycles. The number of hydrogen-bond donors (Lipinski definition) is 2. The number of hydrogen-bond acceptors (Lipinski definition) is 3. The Morgan fingerprint density at radius 2 is 2.29 bits per heavy atom. The lowest BCUT2D eigenvalue weighted by Gasteiger charge is -1.81. The average molecular weight is 103 g/mol. The standard InChI is InChI=1S/C4H9NO2/c5-2-1-3-4(6)7-3/h3-4,6H,1-2,5H2. The summed E-state index contributed by atoms with van der Waals surface area (Å²) in [5.41, 5.74) is 5.14. The molecule has 1 rings (SSSR count). The minimum atomic E-state index is -0.511. The third-order valence-electron chi connectivity index (χ3n) is 1.01. The minimum absolute atomic E-state index is 0.0463. The van der Waals surface area contributed by atoms with Gasteiger partial charge >= 0.3 is 0 Å². The maximum absolute atomic E-state index is 8.48. The van der Waals surface area contributed by atoms with Crippen molar-refractivity contribution in [2.24, 2.45) is 5.73 Å². The second-order valence-corrected chi connectivity index (χ2v) is 1.64. The molecular weight excluding hydrogens is 94.0 g/mol. The van der Waals surface area contributed by atoms with Crippen LogP contribution in [0.5, 0.6) is 0 Å². The Kier molecular flexibility index (Phi) is 1.27. The lowest BCUT2D eigenvalue weighted by Crippen LogP contribution is -2.03. The first kappa shape index (κ1) is 5.03. The van der Waals surface area contributed by atoms with Crippen LogP contribution in [0.25, 0.3) is 0 Å². The number of rotatable bonds is 2. The molecule has 0 bridgehead atoms. The zero-order chi connectivity index (χ0) is 5.28. The average Bonchev–Trinajstić information content (AvgIpc) is 2.22. The van der Waals surface area contributed by atoms with E-state index >= 15 is 0 Å². The van der Waals surface area contributed by atoms with Crippen molar-refractivity contribution in [3.63, 3.8) is 0 Å². The van der Waals surface area contributed by atoms with E-state index in [0.717, 1.165) is 6.42 Å². The maximum Gasteiger partial charge on any atom is 0.181 e. The third-order valence-corrected chi connectivity index (χ3v) is 1.01. The summed E-state index contributed by atoms with van der Waals surface area (Å²) in [4.78, 5) is 0. The van der Waals surface area contributed by atoms with Crippen molar-refractivity contribution in [3.05, 3.63) is 0 Å². The van der Waals surface area contributed by atoms with Crippen LogP contribution in [0.1, 0.15) is 6.42 Å². The van der Waals surface area contributed by atoms with Gasteiger partial charge in [-0.25, -0.2) is 0 Å². The molecule has 0 aliphatic carbocycles. The summed E-state index contributed by atoms with van der Waals surface area (Å²) in [6.45, 7) is 0.599. The van der Waals surface area contributed by atoms with Gasteiger partial charge in [0.1, 0.15) is 6.10 Å². The molecule has 0 aromatic heterocycles. The van der Waals surface area contributed by atoms with E-state index in [1.807, 2.05) is 0 Å². The highest BCUT2D eigenvalue weighted by Crippen LogP contribution is 2.20. The van der Waals surface area contributed by atoms with Crippen LogP contribution in [0, 0.1) is 0 Å². The molecule has 42 valence electrons. The van der Waals surface area contributed by atoms with Crippen LogP contribution in [-0.4, -0.2) is 24.0 Å². The van der Waals surface area contributed by atoms with Gasteiger partial charge in [-0.2, -0.15) is 0 Å². The molecule has 0 saturated carbocycles. The molecule has 3 N–H and O–H groups in total. The highest BCUT2D eigenvalue weighted by Gasteiger charge is 2.35. The normalized spacial score (nSPS) is 38.6. The van der Waals surface area contributed by atoms with Gasteiger partial charge in [-0.15, -0.1) is 0 Å². The first-order valence-corrected chi connectivity index (χ1v) is 2.38. The first-order valence-electron chi connectivity index (χ1n) is 2.38. The van der Waals surface area contributed by atoms with Gasteiger partial charge in [0.25, 0.3) is 0 Å². The number of aliphatic hydroxyl groups excluding tert-OH is 1. The molecule has 1 aliphatic rings. The molecule has 0 spiro atoms. The predicted molar refractivity (Wildman–Crippen MR) is 24.6 cm³/mol.